The van der Waals surface area contributed by atoms with E-state index < -0.39 is 5.60 Å². The van der Waals surface area contributed by atoms with Crippen molar-refractivity contribution in [1.29, 1.82) is 0 Å². The van der Waals surface area contributed by atoms with Crippen molar-refractivity contribution in [3.63, 3.8) is 0 Å². The van der Waals surface area contributed by atoms with Crippen LogP contribution in [-0.2, 0) is 4.74 Å². The molecule has 32 heavy (non-hydrogen) atoms. The number of amides is 1. The molecule has 0 atom stereocenters. The van der Waals surface area contributed by atoms with Gasteiger partial charge in [-0.3, -0.25) is 0 Å². The Kier molecular flexibility index (Phi) is 5.21. The number of piperidine rings is 1. The number of aryl methyl sites for hydroxylation is 2. The van der Waals surface area contributed by atoms with Crippen LogP contribution in [0, 0.1) is 13.8 Å². The summed E-state index contributed by atoms with van der Waals surface area (Å²) in [6, 6.07) is 2.28. The van der Waals surface area contributed by atoms with E-state index in [9.17, 15) is 4.79 Å². The van der Waals surface area contributed by atoms with E-state index >= 15 is 0 Å². The molecule has 0 radical (unpaired) electrons. The van der Waals surface area contributed by atoms with E-state index in [2.05, 4.69) is 11.1 Å². The Bertz CT molecular complexity index is 1270. The van der Waals surface area contributed by atoms with Crippen LogP contribution in [0.2, 0.25) is 0 Å². The molecule has 0 bridgehead atoms. The molecule has 0 N–H and O–H groups in total. The van der Waals surface area contributed by atoms with Gasteiger partial charge in [-0.25, -0.2) is 19.7 Å². The number of ether oxygens (including phenoxy) is 1. The number of hydrogen-bond donors (Lipinski definition) is 0. The van der Waals surface area contributed by atoms with Crippen molar-refractivity contribution < 1.29 is 9.53 Å². The normalized spacial score (nSPS) is 15.7. The number of hydrogen-bond acceptors (Lipinski definition) is 7. The summed E-state index contributed by atoms with van der Waals surface area (Å²) in [6.45, 7) is 11.2. The van der Waals surface area contributed by atoms with Gasteiger partial charge in [-0.1, -0.05) is 0 Å². The van der Waals surface area contributed by atoms with Gasteiger partial charge in [0, 0.05) is 30.4 Å². The number of fused-ring (bicyclic) bond motifs is 2. The lowest BCUT2D eigenvalue weighted by atomic mass is 9.95. The van der Waals surface area contributed by atoms with Crippen molar-refractivity contribution in [3.8, 4) is 10.7 Å². The summed E-state index contributed by atoms with van der Waals surface area (Å²) < 4.78 is 8.75. The van der Waals surface area contributed by atoms with Crippen LogP contribution in [0.4, 0.5) is 4.79 Å². The van der Waals surface area contributed by atoms with Gasteiger partial charge in [-0.15, -0.1) is 22.7 Å². The predicted octanol–water partition coefficient (Wildman–Crippen LogP) is 5.80. The number of carbonyl (C=O) groups is 1. The standard InChI is InChI=1S/C23H27N5O2S2/c1-13-11-28-12-16(25-14(2)19(28)24-13)20-26-21-18(32-20)10-17(31-21)15-6-8-27(9-7-15)22(29)30-23(3,4)5/h10-12,15H,6-9H2,1-5H3. The zero-order valence-electron chi connectivity index (χ0n) is 19.0. The number of carbonyl (C=O) groups excluding carboxylic acids is 1. The van der Waals surface area contributed by atoms with Crippen molar-refractivity contribution >= 4 is 43.9 Å². The molecule has 1 aliphatic heterocycles. The molecule has 1 fully saturated rings. The predicted molar refractivity (Wildman–Crippen MR) is 129 cm³/mol. The summed E-state index contributed by atoms with van der Waals surface area (Å²) in [5.41, 5.74) is 3.21. The molecule has 4 aromatic heterocycles. The molecule has 0 aromatic carbocycles. The first-order valence-electron chi connectivity index (χ1n) is 10.9. The second-order valence-electron chi connectivity index (χ2n) is 9.40. The first kappa shape index (κ1) is 21.3. The Morgan fingerprint density at radius 2 is 1.84 bits per heavy atom. The molecule has 1 aliphatic rings. The van der Waals surface area contributed by atoms with Crippen LogP contribution in [0.1, 0.15) is 55.8 Å². The second kappa shape index (κ2) is 7.81. The number of rotatable bonds is 2. The number of aromatic nitrogens is 4. The third kappa shape index (κ3) is 4.11. The van der Waals surface area contributed by atoms with Crippen LogP contribution >= 0.6 is 22.7 Å². The van der Waals surface area contributed by atoms with E-state index in [1.165, 1.54) is 9.58 Å². The van der Waals surface area contributed by atoms with E-state index in [1.807, 2.05) is 56.3 Å². The maximum absolute atomic E-state index is 12.3. The number of thiophene rings is 1. The average Bonchev–Trinajstić information content (AvgIpc) is 3.39. The molecule has 9 heteroatoms. The number of nitrogens with zero attached hydrogens (tertiary/aromatic N) is 5. The maximum atomic E-state index is 12.3. The van der Waals surface area contributed by atoms with Gasteiger partial charge >= 0.3 is 6.09 Å². The lowest BCUT2D eigenvalue weighted by Gasteiger charge is -2.33. The molecule has 0 aliphatic carbocycles. The van der Waals surface area contributed by atoms with Gasteiger partial charge in [0.15, 0.2) is 5.65 Å². The summed E-state index contributed by atoms with van der Waals surface area (Å²) in [7, 11) is 0. The summed E-state index contributed by atoms with van der Waals surface area (Å²) in [4.78, 5) is 30.7. The number of imidazole rings is 1. The highest BCUT2D eigenvalue weighted by Gasteiger charge is 2.28. The fourth-order valence-electron chi connectivity index (χ4n) is 4.11. The largest absolute Gasteiger partial charge is 0.444 e. The summed E-state index contributed by atoms with van der Waals surface area (Å²) in [5, 5.41) is 0.939. The van der Waals surface area contributed by atoms with Crippen molar-refractivity contribution in [2.24, 2.45) is 0 Å². The van der Waals surface area contributed by atoms with Gasteiger partial charge in [-0.2, -0.15) is 0 Å². The molecule has 0 spiro atoms. The highest BCUT2D eigenvalue weighted by molar-refractivity contribution is 7.28. The molecule has 4 aromatic rings. The first-order chi connectivity index (χ1) is 15.2. The van der Waals surface area contributed by atoms with E-state index in [0.717, 1.165) is 58.5 Å². The molecule has 168 valence electrons. The molecule has 7 nitrogen and oxygen atoms in total. The van der Waals surface area contributed by atoms with Crippen LogP contribution in [0.25, 0.3) is 25.9 Å². The van der Waals surface area contributed by atoms with E-state index in [4.69, 9.17) is 14.7 Å². The molecule has 1 saturated heterocycles. The maximum Gasteiger partial charge on any atom is 0.410 e. The Morgan fingerprint density at radius 3 is 2.53 bits per heavy atom. The Labute approximate surface area is 195 Å². The zero-order chi connectivity index (χ0) is 22.6. The van der Waals surface area contributed by atoms with Gasteiger partial charge in [0.1, 0.15) is 21.1 Å². The second-order valence-corrected chi connectivity index (χ2v) is 11.5. The quantitative estimate of drug-likeness (QED) is 0.371. The minimum atomic E-state index is -0.454. The van der Waals surface area contributed by atoms with Crippen molar-refractivity contribution in [3.05, 3.63) is 34.7 Å². The minimum absolute atomic E-state index is 0.206. The third-order valence-electron chi connectivity index (χ3n) is 5.60. The lowest BCUT2D eigenvalue weighted by molar-refractivity contribution is 0.0205. The van der Waals surface area contributed by atoms with Crippen LogP contribution < -0.4 is 0 Å². The Hall–Kier alpha value is -2.52. The van der Waals surface area contributed by atoms with Crippen molar-refractivity contribution in [1.82, 2.24) is 24.3 Å². The molecule has 0 saturated carbocycles. The van der Waals surface area contributed by atoms with Gasteiger partial charge in [0.05, 0.1) is 16.1 Å². The van der Waals surface area contributed by atoms with E-state index in [-0.39, 0.29) is 6.09 Å². The smallest absolute Gasteiger partial charge is 0.410 e. The molecular weight excluding hydrogens is 442 g/mol. The van der Waals surface area contributed by atoms with Gasteiger partial charge in [0.2, 0.25) is 0 Å². The van der Waals surface area contributed by atoms with Crippen LogP contribution in [0.15, 0.2) is 18.5 Å². The fourth-order valence-corrected chi connectivity index (χ4v) is 6.46. The summed E-state index contributed by atoms with van der Waals surface area (Å²) in [5.74, 6) is 0.467. The molecule has 0 unspecified atom stereocenters. The van der Waals surface area contributed by atoms with E-state index in [1.54, 1.807) is 22.7 Å². The topological polar surface area (TPSA) is 72.6 Å². The van der Waals surface area contributed by atoms with Crippen LogP contribution in [0.3, 0.4) is 0 Å². The fraction of sp³-hybridized carbons (Fsp3) is 0.478. The minimum Gasteiger partial charge on any atom is -0.444 e. The summed E-state index contributed by atoms with van der Waals surface area (Å²) in [6.07, 6.45) is 5.74. The van der Waals surface area contributed by atoms with Crippen molar-refractivity contribution in [2.75, 3.05) is 13.1 Å². The highest BCUT2D eigenvalue weighted by Crippen LogP contribution is 2.40. The monoisotopic (exact) mass is 469 g/mol. The molecular formula is C23H27N5O2S2. The van der Waals surface area contributed by atoms with Crippen LogP contribution in [0.5, 0.6) is 0 Å². The van der Waals surface area contributed by atoms with Crippen molar-refractivity contribution in [2.45, 2.75) is 59.0 Å². The van der Waals surface area contributed by atoms with Crippen LogP contribution in [-0.4, -0.2) is 49.0 Å². The van der Waals surface area contributed by atoms with E-state index in [0.29, 0.717) is 5.92 Å². The zero-order valence-corrected chi connectivity index (χ0v) is 20.6. The molecule has 5 heterocycles. The highest BCUT2D eigenvalue weighted by atomic mass is 32.1. The average molecular weight is 470 g/mol. The summed E-state index contributed by atoms with van der Waals surface area (Å²) >= 11 is 3.46. The number of likely N-dealkylation sites (tertiary alicyclic amines) is 1. The Balaban J connectivity index is 1.31. The first-order valence-corrected chi connectivity index (χ1v) is 12.5. The lowest BCUT2D eigenvalue weighted by Crippen LogP contribution is -2.41. The number of thiazole rings is 1. The molecule has 5 rings (SSSR count). The van der Waals surface area contributed by atoms with Gasteiger partial charge < -0.3 is 14.0 Å². The Morgan fingerprint density at radius 1 is 1.09 bits per heavy atom. The van der Waals surface area contributed by atoms with Gasteiger partial charge in [-0.05, 0) is 59.4 Å². The third-order valence-corrected chi connectivity index (χ3v) is 7.95. The van der Waals surface area contributed by atoms with Gasteiger partial charge in [0.25, 0.3) is 0 Å². The molecule has 1 amide bonds. The SMILES string of the molecule is Cc1cn2cc(-c3nc4sc(C5CCN(C(=O)OC(C)(C)C)CC5)cc4s3)nc(C)c2n1.